The van der Waals surface area contributed by atoms with Gasteiger partial charge in [0, 0.05) is 6.08 Å². The monoisotopic (exact) mass is 442 g/mol. The Morgan fingerprint density at radius 3 is 1.71 bits per heavy atom. The highest BCUT2D eigenvalue weighted by Gasteiger charge is 2.40. The first-order chi connectivity index (χ1) is 14.8. The van der Waals surface area contributed by atoms with Gasteiger partial charge in [0.25, 0.3) is 0 Å². The van der Waals surface area contributed by atoms with Crippen molar-refractivity contribution in [3.05, 3.63) is 12.7 Å². The van der Waals surface area contributed by atoms with Crippen LogP contribution >= 0.6 is 0 Å². The van der Waals surface area contributed by atoms with E-state index in [2.05, 4.69) is 6.58 Å². The Balaban J connectivity index is 2.72. The van der Waals surface area contributed by atoms with Crippen LogP contribution in [0.5, 0.6) is 0 Å². The third kappa shape index (κ3) is 10.8. The second kappa shape index (κ2) is 15.0. The summed E-state index contributed by atoms with van der Waals surface area (Å²) in [5, 5.41) is 0. The summed E-state index contributed by atoms with van der Waals surface area (Å²) < 4.78 is 27.1. The smallest absolute Gasteiger partial charge is 0.330 e. The maximum absolute atomic E-state index is 12.7. The first kappa shape index (κ1) is 27.1. The van der Waals surface area contributed by atoms with Crippen molar-refractivity contribution in [2.75, 3.05) is 13.2 Å². The zero-order valence-corrected chi connectivity index (χ0v) is 19.3. The van der Waals surface area contributed by atoms with Gasteiger partial charge in [-0.1, -0.05) is 33.3 Å². The predicted octanol–water partition coefficient (Wildman–Crippen LogP) is 3.91. The highest BCUT2D eigenvalue weighted by Crippen LogP contribution is 2.33. The quantitative estimate of drug-likeness (QED) is 0.131. The Bertz CT molecular complexity index is 538. The summed E-state index contributed by atoms with van der Waals surface area (Å²) in [4.78, 5) is 37.0. The Hall–Kier alpha value is -1.93. The van der Waals surface area contributed by atoms with Gasteiger partial charge in [-0.25, -0.2) is 4.79 Å². The van der Waals surface area contributed by atoms with Crippen molar-refractivity contribution in [3.63, 3.8) is 0 Å². The molecule has 0 saturated heterocycles. The first-order valence-corrected chi connectivity index (χ1v) is 11.3. The zero-order chi connectivity index (χ0) is 23.2. The van der Waals surface area contributed by atoms with E-state index in [1.807, 2.05) is 13.8 Å². The molecule has 1 fully saturated rings. The van der Waals surface area contributed by atoms with E-state index < -0.39 is 48.4 Å². The SMILES string of the molecule is C=CC(=O)OC1CC(C(=O)OC(C)OCCCC)CC(C(=O)OC(C)OCCCC)C1. The van der Waals surface area contributed by atoms with Crippen LogP contribution in [0.25, 0.3) is 0 Å². The van der Waals surface area contributed by atoms with E-state index in [4.69, 9.17) is 23.7 Å². The largest absolute Gasteiger partial charge is 0.459 e. The summed E-state index contributed by atoms with van der Waals surface area (Å²) in [5.41, 5.74) is 0. The molecule has 1 saturated carbocycles. The number of carbonyl (C=O) groups is 3. The van der Waals surface area contributed by atoms with Crippen LogP contribution in [-0.4, -0.2) is 49.8 Å². The van der Waals surface area contributed by atoms with Gasteiger partial charge in [0.05, 0.1) is 25.0 Å². The van der Waals surface area contributed by atoms with E-state index in [0.29, 0.717) is 13.2 Å². The van der Waals surface area contributed by atoms with Gasteiger partial charge < -0.3 is 23.7 Å². The van der Waals surface area contributed by atoms with Crippen LogP contribution in [0.2, 0.25) is 0 Å². The number of unbranched alkanes of at least 4 members (excludes halogenated alkanes) is 2. The molecule has 0 amide bonds. The fraction of sp³-hybridized carbons (Fsp3) is 0.783. The van der Waals surface area contributed by atoms with E-state index in [0.717, 1.165) is 31.8 Å². The molecule has 0 bridgehead atoms. The molecule has 0 aliphatic heterocycles. The summed E-state index contributed by atoms with van der Waals surface area (Å²) in [5.74, 6) is -2.77. The minimum atomic E-state index is -0.687. The standard InChI is InChI=1S/C23H38O8/c1-6-9-11-27-16(4)29-22(25)18-13-19(15-20(14-18)31-21(24)8-3)23(26)30-17(5)28-12-10-7-2/h8,16-20H,3,6-7,9-15H2,1-2,4-5H3. The number of hydrogen-bond acceptors (Lipinski definition) is 8. The summed E-state index contributed by atoms with van der Waals surface area (Å²) in [6.07, 6.45) is 3.56. The average molecular weight is 443 g/mol. The van der Waals surface area contributed by atoms with E-state index in [1.165, 1.54) is 0 Å². The van der Waals surface area contributed by atoms with Crippen LogP contribution in [0.4, 0.5) is 0 Å². The van der Waals surface area contributed by atoms with Crippen LogP contribution in [0.3, 0.4) is 0 Å². The summed E-state index contributed by atoms with van der Waals surface area (Å²) in [7, 11) is 0. The Morgan fingerprint density at radius 1 is 0.871 bits per heavy atom. The third-order valence-corrected chi connectivity index (χ3v) is 5.05. The lowest BCUT2D eigenvalue weighted by atomic mass is 9.79. The van der Waals surface area contributed by atoms with Gasteiger partial charge >= 0.3 is 17.9 Å². The van der Waals surface area contributed by atoms with Gasteiger partial charge in [-0.2, -0.15) is 0 Å². The fourth-order valence-electron chi connectivity index (χ4n) is 3.34. The molecule has 0 spiro atoms. The van der Waals surface area contributed by atoms with Gasteiger partial charge in [-0.05, 0) is 46.0 Å². The topological polar surface area (TPSA) is 97.4 Å². The van der Waals surface area contributed by atoms with Crippen molar-refractivity contribution in [3.8, 4) is 0 Å². The number of esters is 3. The lowest BCUT2D eigenvalue weighted by Crippen LogP contribution is -2.39. The maximum atomic E-state index is 12.7. The highest BCUT2D eigenvalue weighted by atomic mass is 16.7. The van der Waals surface area contributed by atoms with Crippen molar-refractivity contribution in [1.82, 2.24) is 0 Å². The first-order valence-electron chi connectivity index (χ1n) is 11.3. The molecule has 8 nitrogen and oxygen atoms in total. The Kier molecular flexibility index (Phi) is 13.1. The maximum Gasteiger partial charge on any atom is 0.330 e. The fourth-order valence-corrected chi connectivity index (χ4v) is 3.34. The Labute approximate surface area is 185 Å². The number of hydrogen-bond donors (Lipinski definition) is 0. The molecule has 4 atom stereocenters. The van der Waals surface area contributed by atoms with Crippen molar-refractivity contribution >= 4 is 17.9 Å². The van der Waals surface area contributed by atoms with Crippen LogP contribution in [0.15, 0.2) is 12.7 Å². The molecule has 8 heteroatoms. The molecule has 31 heavy (non-hydrogen) atoms. The van der Waals surface area contributed by atoms with Crippen molar-refractivity contribution < 1.29 is 38.1 Å². The summed E-state index contributed by atoms with van der Waals surface area (Å²) in [6, 6.07) is 0. The number of rotatable bonds is 14. The average Bonchev–Trinajstić information content (AvgIpc) is 2.73. The minimum Gasteiger partial charge on any atom is -0.459 e. The van der Waals surface area contributed by atoms with Crippen molar-refractivity contribution in [1.29, 1.82) is 0 Å². The normalized spacial score (nSPS) is 22.8. The van der Waals surface area contributed by atoms with Crippen molar-refractivity contribution in [2.45, 2.75) is 91.3 Å². The number of carbonyl (C=O) groups excluding carboxylic acids is 3. The predicted molar refractivity (Wildman–Crippen MR) is 114 cm³/mol. The third-order valence-electron chi connectivity index (χ3n) is 5.05. The molecule has 1 aliphatic carbocycles. The molecule has 0 aromatic heterocycles. The second-order valence-electron chi connectivity index (χ2n) is 7.82. The van der Waals surface area contributed by atoms with E-state index in [1.54, 1.807) is 13.8 Å². The highest BCUT2D eigenvalue weighted by molar-refractivity contribution is 5.81. The molecule has 0 radical (unpaired) electrons. The lowest BCUT2D eigenvalue weighted by Gasteiger charge is -2.33. The molecule has 0 aromatic rings. The summed E-state index contributed by atoms with van der Waals surface area (Å²) in [6.45, 7) is 11.8. The Morgan fingerprint density at radius 2 is 1.32 bits per heavy atom. The van der Waals surface area contributed by atoms with Crippen LogP contribution in [-0.2, 0) is 38.1 Å². The van der Waals surface area contributed by atoms with Gasteiger partial charge in [0.15, 0.2) is 12.6 Å². The molecule has 0 N–H and O–H groups in total. The van der Waals surface area contributed by atoms with Crippen molar-refractivity contribution in [2.24, 2.45) is 11.8 Å². The minimum absolute atomic E-state index is 0.253. The zero-order valence-electron chi connectivity index (χ0n) is 19.3. The van der Waals surface area contributed by atoms with Gasteiger partial charge in [-0.3, -0.25) is 9.59 Å². The molecule has 1 aliphatic rings. The molecule has 1 rings (SSSR count). The van der Waals surface area contributed by atoms with E-state index >= 15 is 0 Å². The van der Waals surface area contributed by atoms with Gasteiger partial charge in [0.1, 0.15) is 6.10 Å². The van der Waals surface area contributed by atoms with E-state index in [9.17, 15) is 14.4 Å². The van der Waals surface area contributed by atoms with Gasteiger partial charge in [-0.15, -0.1) is 0 Å². The lowest BCUT2D eigenvalue weighted by molar-refractivity contribution is -0.189. The van der Waals surface area contributed by atoms with Crippen LogP contribution < -0.4 is 0 Å². The second-order valence-corrected chi connectivity index (χ2v) is 7.82. The summed E-state index contributed by atoms with van der Waals surface area (Å²) >= 11 is 0. The molecule has 0 aromatic carbocycles. The van der Waals surface area contributed by atoms with Crippen LogP contribution in [0, 0.1) is 11.8 Å². The molecular formula is C23H38O8. The molecule has 0 heterocycles. The molecule has 4 unspecified atom stereocenters. The number of ether oxygens (including phenoxy) is 5. The van der Waals surface area contributed by atoms with Crippen LogP contribution in [0.1, 0.15) is 72.6 Å². The molecular weight excluding hydrogens is 404 g/mol. The molecule has 178 valence electrons. The van der Waals surface area contributed by atoms with E-state index in [-0.39, 0.29) is 19.3 Å². The van der Waals surface area contributed by atoms with Gasteiger partial charge in [0.2, 0.25) is 0 Å².